The number of nitrogens with zero attached hydrogens (tertiary/aromatic N) is 1. The summed E-state index contributed by atoms with van der Waals surface area (Å²) in [5.74, 6) is 0.744. The van der Waals surface area contributed by atoms with Gasteiger partial charge in [-0.1, -0.05) is 17.7 Å². The molecule has 5 nitrogen and oxygen atoms in total. The van der Waals surface area contributed by atoms with Crippen LogP contribution in [-0.4, -0.2) is 25.5 Å². The number of amides is 2. The van der Waals surface area contributed by atoms with Crippen molar-refractivity contribution in [1.29, 1.82) is 0 Å². The highest BCUT2D eigenvalue weighted by atomic mass is 16.5. The highest BCUT2D eigenvalue weighted by molar-refractivity contribution is 5.97. The lowest BCUT2D eigenvalue weighted by atomic mass is 10.0. The number of methoxy groups -OCH3 is 1. The van der Waals surface area contributed by atoms with Crippen molar-refractivity contribution < 1.29 is 14.3 Å². The fourth-order valence-electron chi connectivity index (χ4n) is 3.26. The molecule has 1 N–H and O–H groups in total. The van der Waals surface area contributed by atoms with Crippen LogP contribution in [0.5, 0.6) is 5.75 Å². The minimum absolute atomic E-state index is 0.141. The highest BCUT2D eigenvalue weighted by Crippen LogP contribution is 2.27. The fourth-order valence-corrected chi connectivity index (χ4v) is 3.26. The van der Waals surface area contributed by atoms with Gasteiger partial charge < -0.3 is 15.0 Å². The molecule has 0 radical (unpaired) electrons. The van der Waals surface area contributed by atoms with Crippen LogP contribution in [0.1, 0.15) is 47.3 Å². The van der Waals surface area contributed by atoms with Gasteiger partial charge in [0.1, 0.15) is 5.75 Å². The summed E-state index contributed by atoms with van der Waals surface area (Å²) in [5.41, 5.74) is 3.47. The number of nitrogens with one attached hydrogen (secondary N) is 1. The Labute approximate surface area is 154 Å². The minimum Gasteiger partial charge on any atom is -0.496 e. The third kappa shape index (κ3) is 3.72. The number of ether oxygens (including phenoxy) is 1. The van der Waals surface area contributed by atoms with Crippen LogP contribution in [0.3, 0.4) is 0 Å². The molecule has 5 heteroatoms. The van der Waals surface area contributed by atoms with E-state index >= 15 is 0 Å². The Balaban J connectivity index is 1.72. The summed E-state index contributed by atoms with van der Waals surface area (Å²) < 4.78 is 5.40. The molecule has 1 unspecified atom stereocenters. The van der Waals surface area contributed by atoms with Crippen LogP contribution in [0, 0.1) is 6.92 Å². The first-order valence-corrected chi connectivity index (χ1v) is 8.85. The van der Waals surface area contributed by atoms with E-state index in [2.05, 4.69) is 5.32 Å². The Morgan fingerprint density at radius 3 is 2.54 bits per heavy atom. The second kappa shape index (κ2) is 7.60. The van der Waals surface area contributed by atoms with E-state index in [1.807, 2.05) is 44.2 Å². The van der Waals surface area contributed by atoms with Crippen molar-refractivity contribution in [3.05, 3.63) is 59.2 Å². The van der Waals surface area contributed by atoms with Crippen molar-refractivity contribution in [3.63, 3.8) is 0 Å². The van der Waals surface area contributed by atoms with Gasteiger partial charge in [-0.3, -0.25) is 9.59 Å². The molecule has 1 heterocycles. The van der Waals surface area contributed by atoms with Gasteiger partial charge in [-0.15, -0.1) is 0 Å². The monoisotopic (exact) mass is 352 g/mol. The number of carbonyl (C=O) groups is 2. The molecule has 2 aromatic rings. The number of hydrogen-bond acceptors (Lipinski definition) is 3. The van der Waals surface area contributed by atoms with Crippen LogP contribution in [0.4, 0.5) is 5.69 Å². The van der Waals surface area contributed by atoms with Crippen molar-refractivity contribution in [2.75, 3.05) is 18.6 Å². The minimum atomic E-state index is -0.183. The van der Waals surface area contributed by atoms with Gasteiger partial charge in [-0.25, -0.2) is 0 Å². The van der Waals surface area contributed by atoms with Crippen molar-refractivity contribution in [2.45, 2.75) is 32.7 Å². The molecule has 1 atom stereocenters. The fraction of sp³-hybridized carbons (Fsp3) is 0.333. The van der Waals surface area contributed by atoms with Gasteiger partial charge >= 0.3 is 0 Å². The molecule has 1 aliphatic rings. The summed E-state index contributed by atoms with van der Waals surface area (Å²) in [6.07, 6.45) is 1.48. The van der Waals surface area contributed by atoms with E-state index in [1.165, 1.54) is 0 Å². The second-order valence-corrected chi connectivity index (χ2v) is 6.64. The van der Waals surface area contributed by atoms with Gasteiger partial charge in [-0.2, -0.15) is 0 Å². The lowest BCUT2D eigenvalue weighted by molar-refractivity contribution is -0.117. The zero-order valence-electron chi connectivity index (χ0n) is 15.4. The Morgan fingerprint density at radius 2 is 1.92 bits per heavy atom. The summed E-state index contributed by atoms with van der Waals surface area (Å²) >= 11 is 0. The number of hydrogen-bond donors (Lipinski definition) is 1. The normalized spacial score (nSPS) is 15.0. The van der Waals surface area contributed by atoms with E-state index in [1.54, 1.807) is 24.1 Å². The smallest absolute Gasteiger partial charge is 0.251 e. The molecule has 0 spiro atoms. The highest BCUT2D eigenvalue weighted by Gasteiger charge is 2.22. The number of carbonyl (C=O) groups excluding carboxylic acids is 2. The van der Waals surface area contributed by atoms with E-state index in [-0.39, 0.29) is 17.9 Å². The van der Waals surface area contributed by atoms with Crippen LogP contribution < -0.4 is 15.0 Å². The topological polar surface area (TPSA) is 58.6 Å². The van der Waals surface area contributed by atoms with Gasteiger partial charge in [0.05, 0.1) is 13.2 Å². The van der Waals surface area contributed by atoms with Gasteiger partial charge in [0.25, 0.3) is 5.91 Å². The van der Waals surface area contributed by atoms with Crippen molar-refractivity contribution in [2.24, 2.45) is 0 Å². The standard InChI is InChI=1S/C21H24N2O3/c1-14-6-11-19(26-3)18(13-14)15(2)22-21(25)16-7-9-17(10-8-16)23-12-4-5-20(23)24/h6-11,13,15H,4-5,12H2,1-3H3,(H,22,25). The van der Waals surface area contributed by atoms with Crippen LogP contribution in [0.2, 0.25) is 0 Å². The van der Waals surface area contributed by atoms with E-state index < -0.39 is 0 Å². The van der Waals surface area contributed by atoms with Gasteiger partial charge in [0, 0.05) is 29.8 Å². The number of rotatable bonds is 5. The Morgan fingerprint density at radius 1 is 1.19 bits per heavy atom. The number of anilines is 1. The number of aryl methyl sites for hydroxylation is 1. The summed E-state index contributed by atoms with van der Waals surface area (Å²) in [7, 11) is 1.63. The lowest BCUT2D eigenvalue weighted by Gasteiger charge is -2.19. The zero-order valence-corrected chi connectivity index (χ0v) is 15.4. The van der Waals surface area contributed by atoms with Crippen LogP contribution >= 0.6 is 0 Å². The number of benzene rings is 2. The first-order valence-electron chi connectivity index (χ1n) is 8.85. The summed E-state index contributed by atoms with van der Waals surface area (Å²) in [5, 5.41) is 3.01. The van der Waals surface area contributed by atoms with Gasteiger partial charge in [0.2, 0.25) is 5.91 Å². The molecule has 26 heavy (non-hydrogen) atoms. The SMILES string of the molecule is COc1ccc(C)cc1C(C)NC(=O)c1ccc(N2CCCC2=O)cc1. The maximum absolute atomic E-state index is 12.6. The zero-order chi connectivity index (χ0) is 18.7. The van der Waals surface area contributed by atoms with Crippen molar-refractivity contribution in [1.82, 2.24) is 5.32 Å². The molecule has 0 bridgehead atoms. The first kappa shape index (κ1) is 18.0. The largest absolute Gasteiger partial charge is 0.496 e. The molecule has 1 aliphatic heterocycles. The quantitative estimate of drug-likeness (QED) is 0.894. The molecular formula is C21H24N2O3. The molecule has 136 valence electrons. The summed E-state index contributed by atoms with van der Waals surface area (Å²) in [6.45, 7) is 4.69. The summed E-state index contributed by atoms with van der Waals surface area (Å²) in [6, 6.07) is 12.9. The maximum atomic E-state index is 12.6. The maximum Gasteiger partial charge on any atom is 0.251 e. The Hall–Kier alpha value is -2.82. The van der Waals surface area contributed by atoms with Crippen LogP contribution in [0.25, 0.3) is 0 Å². The van der Waals surface area contributed by atoms with Crippen LogP contribution in [0.15, 0.2) is 42.5 Å². The average Bonchev–Trinajstić information content (AvgIpc) is 3.07. The predicted octanol–water partition coefficient (Wildman–Crippen LogP) is 3.62. The average molecular weight is 352 g/mol. The molecule has 2 aromatic carbocycles. The molecule has 1 saturated heterocycles. The van der Waals surface area contributed by atoms with E-state index in [0.717, 1.165) is 35.5 Å². The molecular weight excluding hydrogens is 328 g/mol. The van der Waals surface area contributed by atoms with Crippen molar-refractivity contribution in [3.8, 4) is 5.75 Å². The third-order valence-electron chi connectivity index (χ3n) is 4.71. The molecule has 0 aliphatic carbocycles. The third-order valence-corrected chi connectivity index (χ3v) is 4.71. The summed E-state index contributed by atoms with van der Waals surface area (Å²) in [4.78, 5) is 26.2. The van der Waals surface area contributed by atoms with Gasteiger partial charge in [0.15, 0.2) is 0 Å². The predicted molar refractivity (Wildman–Crippen MR) is 102 cm³/mol. The Kier molecular flexibility index (Phi) is 5.26. The molecule has 0 aromatic heterocycles. The first-order chi connectivity index (χ1) is 12.5. The van der Waals surface area contributed by atoms with Crippen molar-refractivity contribution >= 4 is 17.5 Å². The molecule has 1 fully saturated rings. The van der Waals surface area contributed by atoms with E-state index in [9.17, 15) is 9.59 Å². The van der Waals surface area contributed by atoms with Gasteiger partial charge in [-0.05, 0) is 50.6 Å². The molecule has 0 saturated carbocycles. The Bertz CT molecular complexity index is 815. The molecule has 3 rings (SSSR count). The molecule has 2 amide bonds. The van der Waals surface area contributed by atoms with E-state index in [4.69, 9.17) is 4.74 Å². The van der Waals surface area contributed by atoms with E-state index in [0.29, 0.717) is 12.0 Å². The van der Waals surface area contributed by atoms with Crippen LogP contribution in [-0.2, 0) is 4.79 Å². The second-order valence-electron chi connectivity index (χ2n) is 6.64. The lowest BCUT2D eigenvalue weighted by Crippen LogP contribution is -2.27.